The van der Waals surface area contributed by atoms with Crippen LogP contribution in [0.25, 0.3) is 5.69 Å². The van der Waals surface area contributed by atoms with Crippen molar-refractivity contribution >= 4 is 5.97 Å². The Labute approximate surface area is 143 Å². The molecule has 0 aliphatic carbocycles. The Balaban J connectivity index is 1.36. The van der Waals surface area contributed by atoms with Gasteiger partial charge in [-0.2, -0.15) is 0 Å². The molecule has 3 rings (SSSR count). The van der Waals surface area contributed by atoms with E-state index in [0.29, 0.717) is 19.0 Å². The fourth-order valence-electron chi connectivity index (χ4n) is 2.00. The zero-order valence-corrected chi connectivity index (χ0v) is 13.3. The molecule has 0 aliphatic rings. The smallest absolute Gasteiger partial charge is 0.337 e. The van der Waals surface area contributed by atoms with E-state index in [-0.39, 0.29) is 6.61 Å². The molecular weight excluding hydrogens is 324 g/mol. The predicted octanol–water partition coefficient (Wildman–Crippen LogP) is 1.66. The van der Waals surface area contributed by atoms with Gasteiger partial charge in [0.05, 0.1) is 12.3 Å². The van der Waals surface area contributed by atoms with Crippen LogP contribution in [0.5, 0.6) is 11.5 Å². The Morgan fingerprint density at radius 2 is 1.76 bits per heavy atom. The first-order valence-electron chi connectivity index (χ1n) is 7.61. The Hall–Kier alpha value is -3.26. The molecule has 0 radical (unpaired) electrons. The van der Waals surface area contributed by atoms with Crippen molar-refractivity contribution in [1.82, 2.24) is 20.2 Å². The number of ether oxygens (including phenoxy) is 3. The first-order valence-corrected chi connectivity index (χ1v) is 7.61. The molecule has 2 aromatic carbocycles. The van der Waals surface area contributed by atoms with Gasteiger partial charge in [0.15, 0.2) is 0 Å². The van der Waals surface area contributed by atoms with E-state index in [1.807, 2.05) is 30.3 Å². The minimum absolute atomic E-state index is 0.146. The van der Waals surface area contributed by atoms with Crippen LogP contribution in [0.15, 0.2) is 60.9 Å². The molecule has 3 aromatic rings. The monoisotopic (exact) mass is 340 g/mol. The summed E-state index contributed by atoms with van der Waals surface area (Å²) in [4.78, 5) is 11.7. The summed E-state index contributed by atoms with van der Waals surface area (Å²) in [6.45, 7) is 0.507. The summed E-state index contributed by atoms with van der Waals surface area (Å²) in [5, 5.41) is 10.9. The van der Waals surface area contributed by atoms with Crippen molar-refractivity contribution in [2.45, 2.75) is 0 Å². The van der Waals surface area contributed by atoms with Gasteiger partial charge in [-0.05, 0) is 46.8 Å². The third-order valence-corrected chi connectivity index (χ3v) is 3.14. The fraction of sp³-hybridized carbons (Fsp3) is 0.176. The number of carbonyl (C=O) groups excluding carboxylic acids is 1. The molecule has 0 bridgehead atoms. The molecule has 1 heterocycles. The lowest BCUT2D eigenvalue weighted by Gasteiger charge is -2.07. The number of carbonyl (C=O) groups is 1. The normalized spacial score (nSPS) is 10.4. The number of esters is 1. The predicted molar refractivity (Wildman–Crippen MR) is 87.5 cm³/mol. The van der Waals surface area contributed by atoms with E-state index in [9.17, 15) is 4.79 Å². The Morgan fingerprint density at radius 3 is 2.48 bits per heavy atom. The van der Waals surface area contributed by atoms with Crippen LogP contribution in [-0.4, -0.2) is 46.0 Å². The molecule has 0 unspecified atom stereocenters. The lowest BCUT2D eigenvalue weighted by Crippen LogP contribution is -2.18. The summed E-state index contributed by atoms with van der Waals surface area (Å²) in [6, 6.07) is 16.2. The first-order chi connectivity index (χ1) is 12.3. The van der Waals surface area contributed by atoms with E-state index in [1.54, 1.807) is 24.3 Å². The number of hydrogen-bond acceptors (Lipinski definition) is 7. The number of nitrogens with zero attached hydrogens (tertiary/aromatic N) is 4. The number of hydrogen-bond donors (Lipinski definition) is 0. The summed E-state index contributed by atoms with van der Waals surface area (Å²) >= 11 is 0. The summed E-state index contributed by atoms with van der Waals surface area (Å²) in [6.07, 6.45) is 1.48. The van der Waals surface area contributed by atoms with Gasteiger partial charge in [0, 0.05) is 0 Å². The van der Waals surface area contributed by atoms with E-state index in [2.05, 4.69) is 15.5 Å². The van der Waals surface area contributed by atoms with Gasteiger partial charge < -0.3 is 14.2 Å². The molecule has 0 spiro atoms. The minimum atomic E-state index is -0.477. The van der Waals surface area contributed by atoms with Gasteiger partial charge in [0.2, 0.25) is 0 Å². The van der Waals surface area contributed by atoms with E-state index in [4.69, 9.17) is 14.2 Å². The van der Waals surface area contributed by atoms with Gasteiger partial charge in [-0.3, -0.25) is 0 Å². The molecule has 0 saturated carbocycles. The van der Waals surface area contributed by atoms with Crippen molar-refractivity contribution in [2.24, 2.45) is 0 Å². The van der Waals surface area contributed by atoms with Gasteiger partial charge >= 0.3 is 5.97 Å². The van der Waals surface area contributed by atoms with Crippen LogP contribution in [0.1, 0.15) is 0 Å². The maximum Gasteiger partial charge on any atom is 0.337 e. The molecule has 128 valence electrons. The van der Waals surface area contributed by atoms with Gasteiger partial charge in [-0.1, -0.05) is 18.2 Å². The van der Waals surface area contributed by atoms with Crippen molar-refractivity contribution in [3.05, 3.63) is 60.9 Å². The number of benzene rings is 2. The average molecular weight is 340 g/mol. The van der Waals surface area contributed by atoms with Crippen LogP contribution in [0.4, 0.5) is 0 Å². The van der Waals surface area contributed by atoms with Crippen molar-refractivity contribution in [2.75, 3.05) is 19.8 Å². The molecule has 25 heavy (non-hydrogen) atoms. The summed E-state index contributed by atoms with van der Waals surface area (Å²) in [7, 11) is 0. The summed E-state index contributed by atoms with van der Waals surface area (Å²) in [5.74, 6) is 0.706. The highest BCUT2D eigenvalue weighted by molar-refractivity contribution is 5.73. The largest absolute Gasteiger partial charge is 0.491 e. The van der Waals surface area contributed by atoms with Crippen molar-refractivity contribution in [3.8, 4) is 17.2 Å². The molecule has 0 aliphatic heterocycles. The summed E-state index contributed by atoms with van der Waals surface area (Å²) < 4.78 is 17.4. The summed E-state index contributed by atoms with van der Waals surface area (Å²) in [5.41, 5.74) is 0.763. The minimum Gasteiger partial charge on any atom is -0.491 e. The number of para-hydroxylation sites is 1. The lowest BCUT2D eigenvalue weighted by molar-refractivity contribution is -0.139. The van der Waals surface area contributed by atoms with Crippen LogP contribution in [-0.2, 0) is 9.53 Å². The molecule has 1 aromatic heterocycles. The van der Waals surface area contributed by atoms with Gasteiger partial charge in [0.1, 0.15) is 31.0 Å². The quantitative estimate of drug-likeness (QED) is 0.350. The van der Waals surface area contributed by atoms with Crippen molar-refractivity contribution < 1.29 is 19.0 Å². The first kappa shape index (κ1) is 16.6. The molecule has 8 nitrogen and oxygen atoms in total. The highest BCUT2D eigenvalue weighted by Crippen LogP contribution is 2.14. The standard InChI is InChI=1S/C17H16N4O4/c22-17(12-23-10-11-24-15-4-2-1-3-5-15)25-16-8-6-14(7-9-16)21-13-18-19-20-21/h1-9,13H,10-12H2. The molecule has 0 fully saturated rings. The molecular formula is C17H16N4O4. The van der Waals surface area contributed by atoms with Gasteiger partial charge in [-0.25, -0.2) is 9.48 Å². The van der Waals surface area contributed by atoms with Gasteiger partial charge in [0.25, 0.3) is 0 Å². The Bertz CT molecular complexity index is 776. The zero-order valence-electron chi connectivity index (χ0n) is 13.3. The van der Waals surface area contributed by atoms with Crippen LogP contribution < -0.4 is 9.47 Å². The van der Waals surface area contributed by atoms with Crippen LogP contribution in [0.2, 0.25) is 0 Å². The number of tetrazole rings is 1. The average Bonchev–Trinajstić information content (AvgIpc) is 3.18. The molecule has 0 N–H and O–H groups in total. The highest BCUT2D eigenvalue weighted by atomic mass is 16.6. The zero-order chi connectivity index (χ0) is 17.3. The second kappa shape index (κ2) is 8.55. The molecule has 0 atom stereocenters. The van der Waals surface area contributed by atoms with E-state index < -0.39 is 5.97 Å². The van der Waals surface area contributed by atoms with Crippen molar-refractivity contribution in [3.63, 3.8) is 0 Å². The second-order valence-electron chi connectivity index (χ2n) is 4.94. The topological polar surface area (TPSA) is 88.4 Å². The maximum atomic E-state index is 11.7. The van der Waals surface area contributed by atoms with E-state index >= 15 is 0 Å². The third-order valence-electron chi connectivity index (χ3n) is 3.14. The van der Waals surface area contributed by atoms with Crippen LogP contribution in [0.3, 0.4) is 0 Å². The third kappa shape index (κ3) is 5.11. The highest BCUT2D eigenvalue weighted by Gasteiger charge is 2.06. The number of rotatable bonds is 8. The van der Waals surface area contributed by atoms with E-state index in [1.165, 1.54) is 11.0 Å². The maximum absolute atomic E-state index is 11.7. The SMILES string of the molecule is O=C(COCCOc1ccccc1)Oc1ccc(-n2cnnn2)cc1. The van der Waals surface area contributed by atoms with Crippen LogP contribution in [0, 0.1) is 0 Å². The molecule has 0 saturated heterocycles. The van der Waals surface area contributed by atoms with Gasteiger partial charge in [-0.15, -0.1) is 5.10 Å². The lowest BCUT2D eigenvalue weighted by atomic mass is 10.3. The second-order valence-corrected chi connectivity index (χ2v) is 4.94. The van der Waals surface area contributed by atoms with E-state index in [0.717, 1.165) is 11.4 Å². The van der Waals surface area contributed by atoms with Crippen LogP contribution >= 0.6 is 0 Å². The Morgan fingerprint density at radius 1 is 0.960 bits per heavy atom. The number of aromatic nitrogens is 4. The Kier molecular flexibility index (Phi) is 5.68. The molecule has 0 amide bonds. The van der Waals surface area contributed by atoms with Crippen molar-refractivity contribution in [1.29, 1.82) is 0 Å². The fourth-order valence-corrected chi connectivity index (χ4v) is 2.00. The molecule has 8 heteroatoms.